The van der Waals surface area contributed by atoms with Gasteiger partial charge in [0, 0.05) is 36.1 Å². The van der Waals surface area contributed by atoms with Crippen LogP contribution in [0.15, 0.2) is 59.8 Å². The molecule has 30 heavy (non-hydrogen) atoms. The van der Waals surface area contributed by atoms with Gasteiger partial charge in [-0.25, -0.2) is 0 Å². The molecule has 0 saturated heterocycles. The monoisotopic (exact) mass is 404 g/mol. The van der Waals surface area contributed by atoms with Gasteiger partial charge in [0.05, 0.1) is 4.92 Å². The van der Waals surface area contributed by atoms with Crippen molar-refractivity contribution in [2.45, 2.75) is 46.0 Å². The van der Waals surface area contributed by atoms with Crippen LogP contribution < -0.4 is 4.90 Å². The molecule has 1 aliphatic heterocycles. The zero-order valence-electron chi connectivity index (χ0n) is 17.3. The average Bonchev–Trinajstić information content (AvgIpc) is 2.66. The molecule has 154 valence electrons. The minimum Gasteiger partial charge on any atom is -0.294 e. The number of allylic oxidation sites excluding steroid dienone is 2. The van der Waals surface area contributed by atoms with Crippen LogP contribution in [-0.4, -0.2) is 16.6 Å². The molecule has 6 heteroatoms. The van der Waals surface area contributed by atoms with E-state index in [4.69, 9.17) is 0 Å². The van der Waals surface area contributed by atoms with Gasteiger partial charge in [-0.05, 0) is 36.0 Å². The second-order valence-electron chi connectivity index (χ2n) is 8.89. The predicted octanol–water partition coefficient (Wildman–Crippen LogP) is 5.07. The van der Waals surface area contributed by atoms with Gasteiger partial charge in [-0.1, -0.05) is 50.2 Å². The number of amides is 1. The topological polar surface area (TPSA) is 80.5 Å². The highest BCUT2D eigenvalue weighted by molar-refractivity contribution is 6.08. The molecule has 0 radical (unpaired) electrons. The lowest BCUT2D eigenvalue weighted by atomic mass is 9.69. The van der Waals surface area contributed by atoms with E-state index in [2.05, 4.69) is 0 Å². The van der Waals surface area contributed by atoms with E-state index < -0.39 is 4.92 Å². The Labute approximate surface area is 175 Å². The van der Waals surface area contributed by atoms with E-state index in [1.54, 1.807) is 18.2 Å². The number of benzene rings is 2. The maximum absolute atomic E-state index is 13.4. The summed E-state index contributed by atoms with van der Waals surface area (Å²) in [5, 5.41) is 11.6. The first kappa shape index (κ1) is 20.0. The summed E-state index contributed by atoms with van der Waals surface area (Å²) in [6, 6.07) is 14.0. The molecular formula is C24H24N2O4. The Morgan fingerprint density at radius 3 is 2.40 bits per heavy atom. The lowest BCUT2D eigenvalue weighted by Crippen LogP contribution is -2.44. The molecule has 2 aromatic carbocycles. The van der Waals surface area contributed by atoms with Crippen LogP contribution in [0.1, 0.15) is 50.2 Å². The number of aryl methyl sites for hydroxylation is 1. The first-order chi connectivity index (χ1) is 14.2. The number of carbonyl (C=O) groups excluding carboxylic acids is 2. The smallest absolute Gasteiger partial charge is 0.293 e. The number of nitrogens with zero attached hydrogens (tertiary/aromatic N) is 2. The molecule has 1 aliphatic carbocycles. The first-order valence-electron chi connectivity index (χ1n) is 10.1. The van der Waals surface area contributed by atoms with Crippen molar-refractivity contribution >= 4 is 23.1 Å². The predicted molar refractivity (Wildman–Crippen MR) is 114 cm³/mol. The fourth-order valence-electron chi connectivity index (χ4n) is 4.75. The van der Waals surface area contributed by atoms with Crippen LogP contribution in [0.4, 0.5) is 11.4 Å². The number of nitro groups is 1. The van der Waals surface area contributed by atoms with Crippen molar-refractivity contribution in [3.8, 4) is 0 Å². The number of hydrogen-bond acceptors (Lipinski definition) is 4. The van der Waals surface area contributed by atoms with E-state index in [0.717, 1.165) is 11.1 Å². The molecule has 1 atom stereocenters. The number of carbonyl (C=O) groups is 2. The van der Waals surface area contributed by atoms with Gasteiger partial charge in [0.2, 0.25) is 5.91 Å². The molecule has 0 bridgehead atoms. The van der Waals surface area contributed by atoms with Crippen LogP contribution in [0.5, 0.6) is 0 Å². The van der Waals surface area contributed by atoms with E-state index in [1.165, 1.54) is 11.0 Å². The summed E-state index contributed by atoms with van der Waals surface area (Å²) in [5.74, 6) is -0.524. The number of hydrogen-bond donors (Lipinski definition) is 0. The van der Waals surface area contributed by atoms with Crippen molar-refractivity contribution in [2.75, 3.05) is 4.90 Å². The lowest BCUT2D eigenvalue weighted by Gasteiger charge is -2.42. The molecule has 2 aliphatic rings. The van der Waals surface area contributed by atoms with Gasteiger partial charge in [-0.2, -0.15) is 0 Å². The number of Topliss-reactive ketones (excluding diaryl/α,β-unsaturated/α-hetero) is 1. The SMILES string of the molecule is Cc1ccccc1C1CC(=O)N(c2ccccc2[N+](=O)[O-])C2=C1C(=O)CC(C)(C)C2. The Morgan fingerprint density at radius 1 is 1.03 bits per heavy atom. The van der Waals surface area contributed by atoms with Crippen LogP contribution in [0.25, 0.3) is 0 Å². The Kier molecular flexibility index (Phi) is 4.80. The molecule has 0 aromatic heterocycles. The second-order valence-corrected chi connectivity index (χ2v) is 8.89. The third kappa shape index (κ3) is 3.32. The van der Waals surface area contributed by atoms with Crippen LogP contribution in [-0.2, 0) is 9.59 Å². The van der Waals surface area contributed by atoms with Crippen molar-refractivity contribution in [1.82, 2.24) is 0 Å². The zero-order valence-corrected chi connectivity index (χ0v) is 17.3. The van der Waals surface area contributed by atoms with E-state index in [1.807, 2.05) is 45.0 Å². The van der Waals surface area contributed by atoms with Gasteiger partial charge in [0.15, 0.2) is 5.78 Å². The fourth-order valence-corrected chi connectivity index (χ4v) is 4.75. The minimum atomic E-state index is -0.480. The minimum absolute atomic E-state index is 0.0191. The molecule has 1 amide bonds. The maximum atomic E-state index is 13.4. The lowest BCUT2D eigenvalue weighted by molar-refractivity contribution is -0.384. The van der Waals surface area contributed by atoms with E-state index in [0.29, 0.717) is 24.1 Å². The van der Waals surface area contributed by atoms with Gasteiger partial charge in [-0.3, -0.25) is 24.6 Å². The zero-order chi connectivity index (χ0) is 21.6. The van der Waals surface area contributed by atoms with E-state index >= 15 is 0 Å². The second kappa shape index (κ2) is 7.20. The van der Waals surface area contributed by atoms with Gasteiger partial charge >= 0.3 is 0 Å². The quantitative estimate of drug-likeness (QED) is 0.528. The summed E-state index contributed by atoms with van der Waals surface area (Å²) in [5.41, 5.74) is 2.99. The van der Waals surface area contributed by atoms with Crippen molar-refractivity contribution < 1.29 is 14.5 Å². The average molecular weight is 404 g/mol. The maximum Gasteiger partial charge on any atom is 0.293 e. The number of ketones is 1. The van der Waals surface area contributed by atoms with E-state index in [9.17, 15) is 19.7 Å². The van der Waals surface area contributed by atoms with Crippen LogP contribution in [0.3, 0.4) is 0 Å². The third-order valence-electron chi connectivity index (χ3n) is 6.03. The number of anilines is 1. The summed E-state index contributed by atoms with van der Waals surface area (Å²) in [4.78, 5) is 39.3. The molecule has 6 nitrogen and oxygen atoms in total. The van der Waals surface area contributed by atoms with Gasteiger partial charge in [0.25, 0.3) is 5.69 Å². The van der Waals surface area contributed by atoms with Crippen LogP contribution in [0, 0.1) is 22.5 Å². The highest BCUT2D eigenvalue weighted by Crippen LogP contribution is 2.49. The normalized spacial score (nSPS) is 20.9. The number of para-hydroxylation sites is 2. The molecule has 0 saturated carbocycles. The molecule has 2 aromatic rings. The van der Waals surface area contributed by atoms with Crippen molar-refractivity contribution in [3.63, 3.8) is 0 Å². The largest absolute Gasteiger partial charge is 0.294 e. The van der Waals surface area contributed by atoms with Crippen LogP contribution >= 0.6 is 0 Å². The summed E-state index contributed by atoms with van der Waals surface area (Å²) >= 11 is 0. The Bertz CT molecular complexity index is 1100. The van der Waals surface area contributed by atoms with Crippen LogP contribution in [0.2, 0.25) is 0 Å². The Hall–Kier alpha value is -3.28. The summed E-state index contributed by atoms with van der Waals surface area (Å²) in [7, 11) is 0. The molecule has 0 spiro atoms. The summed E-state index contributed by atoms with van der Waals surface area (Å²) in [6.45, 7) is 5.97. The van der Waals surface area contributed by atoms with E-state index in [-0.39, 0.29) is 40.8 Å². The summed E-state index contributed by atoms with van der Waals surface area (Å²) < 4.78 is 0. The fraction of sp³-hybridized carbons (Fsp3) is 0.333. The number of rotatable bonds is 3. The molecular weight excluding hydrogens is 380 g/mol. The molecule has 1 heterocycles. The van der Waals surface area contributed by atoms with Gasteiger partial charge < -0.3 is 0 Å². The summed E-state index contributed by atoms with van der Waals surface area (Å²) in [6.07, 6.45) is 1.02. The van der Waals surface area contributed by atoms with Crippen molar-refractivity contribution in [1.29, 1.82) is 0 Å². The standard InChI is InChI=1S/C24H24N2O4/c1-15-8-4-5-9-16(15)17-12-22(28)25(18-10-6-7-11-19(18)26(29)30)20-13-24(2,3)14-21(27)23(17)20/h4-11,17H,12-14H2,1-3H3. The molecule has 0 fully saturated rings. The third-order valence-corrected chi connectivity index (χ3v) is 6.03. The highest BCUT2D eigenvalue weighted by Gasteiger charge is 2.45. The van der Waals surface area contributed by atoms with Gasteiger partial charge in [-0.15, -0.1) is 0 Å². The van der Waals surface area contributed by atoms with Gasteiger partial charge in [0.1, 0.15) is 5.69 Å². The highest BCUT2D eigenvalue weighted by atomic mass is 16.6. The van der Waals surface area contributed by atoms with Crippen molar-refractivity contribution in [2.24, 2.45) is 5.41 Å². The Balaban J connectivity index is 1.96. The molecule has 4 rings (SSSR count). The molecule has 1 unspecified atom stereocenters. The Morgan fingerprint density at radius 2 is 1.70 bits per heavy atom. The van der Waals surface area contributed by atoms with Crippen molar-refractivity contribution in [3.05, 3.63) is 81.0 Å². The molecule has 0 N–H and O–H groups in total. The number of nitro benzene ring substituents is 1. The first-order valence-corrected chi connectivity index (χ1v) is 10.1.